The molecule has 0 unspecified atom stereocenters. The number of ether oxygens (including phenoxy) is 2. The van der Waals surface area contributed by atoms with Crippen LogP contribution >= 0.6 is 31.9 Å². The molecule has 1 N–H and O–H groups in total. The lowest BCUT2D eigenvalue weighted by molar-refractivity contribution is -0.122. The summed E-state index contributed by atoms with van der Waals surface area (Å²) in [7, 11) is 0. The van der Waals surface area contributed by atoms with Gasteiger partial charge in [-0.1, -0.05) is 21.9 Å². The first kappa shape index (κ1) is 22.6. The topological polar surface area (TPSA) is 84.9 Å². The number of terminal acetylenes is 1. The van der Waals surface area contributed by atoms with E-state index in [9.17, 15) is 14.4 Å². The van der Waals surface area contributed by atoms with Gasteiger partial charge in [0.05, 0.1) is 16.8 Å². The molecule has 0 spiro atoms. The van der Waals surface area contributed by atoms with Gasteiger partial charge in [-0.3, -0.25) is 14.9 Å². The standard InChI is InChI=1S/C22H16Br2N2O5/c1-3-9-31-19-17(24)11-13(12-18(19)30-4-2)10-16-20(27)25-22(29)26(21(16)28)15-7-5-14(23)6-8-15/h1,5-8,10-12H,4,9H2,2H3,(H,25,27,29)/b16-10+. The van der Waals surface area contributed by atoms with Crippen molar-refractivity contribution in [2.24, 2.45) is 0 Å². The zero-order chi connectivity index (χ0) is 22.5. The van der Waals surface area contributed by atoms with Crippen molar-refractivity contribution in [2.75, 3.05) is 18.1 Å². The molecule has 158 valence electrons. The van der Waals surface area contributed by atoms with Gasteiger partial charge in [0.25, 0.3) is 11.8 Å². The number of carbonyl (C=O) groups excluding carboxylic acids is 3. The lowest BCUT2D eigenvalue weighted by Crippen LogP contribution is -2.54. The number of urea groups is 1. The van der Waals surface area contributed by atoms with Crippen molar-refractivity contribution in [2.45, 2.75) is 6.92 Å². The van der Waals surface area contributed by atoms with E-state index in [1.807, 2.05) is 6.92 Å². The fourth-order valence-electron chi connectivity index (χ4n) is 2.84. The van der Waals surface area contributed by atoms with Crippen LogP contribution in [-0.2, 0) is 9.59 Å². The predicted octanol–water partition coefficient (Wildman–Crippen LogP) is 4.29. The van der Waals surface area contributed by atoms with E-state index < -0.39 is 17.8 Å². The Bertz CT molecular complexity index is 1120. The highest BCUT2D eigenvalue weighted by Gasteiger charge is 2.36. The summed E-state index contributed by atoms with van der Waals surface area (Å²) >= 11 is 6.71. The zero-order valence-electron chi connectivity index (χ0n) is 16.3. The van der Waals surface area contributed by atoms with Crippen LogP contribution in [0.2, 0.25) is 0 Å². The van der Waals surface area contributed by atoms with Crippen molar-refractivity contribution < 1.29 is 23.9 Å². The SMILES string of the molecule is C#CCOc1c(Br)cc(/C=C2\C(=O)NC(=O)N(c3ccc(Br)cc3)C2=O)cc1OCC. The maximum Gasteiger partial charge on any atom is 0.335 e. The molecule has 9 heteroatoms. The number of nitrogens with one attached hydrogen (secondary N) is 1. The van der Waals surface area contributed by atoms with Crippen LogP contribution < -0.4 is 19.7 Å². The summed E-state index contributed by atoms with van der Waals surface area (Å²) in [4.78, 5) is 38.6. The van der Waals surface area contributed by atoms with E-state index in [0.29, 0.717) is 33.8 Å². The van der Waals surface area contributed by atoms with Crippen LogP contribution in [0.5, 0.6) is 11.5 Å². The maximum atomic E-state index is 13.0. The Morgan fingerprint density at radius 3 is 2.48 bits per heavy atom. The zero-order valence-corrected chi connectivity index (χ0v) is 19.4. The van der Waals surface area contributed by atoms with E-state index in [0.717, 1.165) is 9.37 Å². The number of hydrogen-bond donors (Lipinski definition) is 1. The lowest BCUT2D eigenvalue weighted by atomic mass is 10.1. The lowest BCUT2D eigenvalue weighted by Gasteiger charge is -2.26. The molecule has 0 saturated carbocycles. The highest BCUT2D eigenvalue weighted by atomic mass is 79.9. The molecular weight excluding hydrogens is 532 g/mol. The number of hydrogen-bond acceptors (Lipinski definition) is 5. The average Bonchev–Trinajstić information content (AvgIpc) is 2.72. The molecule has 2 aromatic rings. The molecule has 0 aliphatic carbocycles. The summed E-state index contributed by atoms with van der Waals surface area (Å²) in [5, 5.41) is 2.19. The third-order valence-electron chi connectivity index (χ3n) is 4.13. The molecule has 0 aromatic heterocycles. The Kier molecular flexibility index (Phi) is 7.15. The molecule has 0 bridgehead atoms. The Morgan fingerprint density at radius 2 is 1.84 bits per heavy atom. The maximum absolute atomic E-state index is 13.0. The van der Waals surface area contributed by atoms with E-state index in [1.165, 1.54) is 6.08 Å². The van der Waals surface area contributed by atoms with Crippen LogP contribution in [0.1, 0.15) is 12.5 Å². The molecule has 1 heterocycles. The molecule has 0 radical (unpaired) electrons. The van der Waals surface area contributed by atoms with Gasteiger partial charge in [-0.2, -0.15) is 0 Å². The first-order valence-electron chi connectivity index (χ1n) is 9.05. The predicted molar refractivity (Wildman–Crippen MR) is 123 cm³/mol. The summed E-state index contributed by atoms with van der Waals surface area (Å²) in [5.41, 5.74) is 0.625. The van der Waals surface area contributed by atoms with Gasteiger partial charge in [-0.25, -0.2) is 9.69 Å². The van der Waals surface area contributed by atoms with Gasteiger partial charge >= 0.3 is 6.03 Å². The number of halogens is 2. The molecule has 1 fully saturated rings. The molecule has 7 nitrogen and oxygen atoms in total. The molecule has 0 atom stereocenters. The molecule has 1 aliphatic heterocycles. The smallest absolute Gasteiger partial charge is 0.335 e. The molecule has 2 aromatic carbocycles. The fraction of sp³-hybridized carbons (Fsp3) is 0.136. The molecule has 31 heavy (non-hydrogen) atoms. The Balaban J connectivity index is 2.02. The summed E-state index contributed by atoms with van der Waals surface area (Å²) in [6, 6.07) is 9.03. The highest BCUT2D eigenvalue weighted by Crippen LogP contribution is 2.37. The van der Waals surface area contributed by atoms with Crippen molar-refractivity contribution in [1.82, 2.24) is 5.32 Å². The Hall–Kier alpha value is -3.09. The van der Waals surface area contributed by atoms with Crippen LogP contribution in [0.4, 0.5) is 10.5 Å². The second kappa shape index (κ2) is 9.81. The fourth-order valence-corrected chi connectivity index (χ4v) is 3.68. The number of carbonyl (C=O) groups is 3. The van der Waals surface area contributed by atoms with Gasteiger partial charge in [0.15, 0.2) is 11.5 Å². The number of barbiturate groups is 1. The minimum Gasteiger partial charge on any atom is -0.490 e. The number of benzene rings is 2. The first-order chi connectivity index (χ1) is 14.8. The van der Waals surface area contributed by atoms with Crippen molar-refractivity contribution in [3.8, 4) is 23.8 Å². The highest BCUT2D eigenvalue weighted by molar-refractivity contribution is 9.10. The number of nitrogens with zero attached hydrogens (tertiary/aromatic N) is 1. The molecule has 4 amide bonds. The van der Waals surface area contributed by atoms with Gasteiger partial charge in [0.1, 0.15) is 12.2 Å². The van der Waals surface area contributed by atoms with Crippen molar-refractivity contribution in [3.63, 3.8) is 0 Å². The van der Waals surface area contributed by atoms with E-state index in [-0.39, 0.29) is 12.2 Å². The van der Waals surface area contributed by atoms with Gasteiger partial charge in [0, 0.05) is 4.47 Å². The minimum absolute atomic E-state index is 0.0459. The molecule has 1 aliphatic rings. The van der Waals surface area contributed by atoms with Gasteiger partial charge < -0.3 is 9.47 Å². The largest absolute Gasteiger partial charge is 0.490 e. The summed E-state index contributed by atoms with van der Waals surface area (Å²) in [6.07, 6.45) is 6.64. The van der Waals surface area contributed by atoms with Crippen molar-refractivity contribution in [3.05, 3.63) is 56.5 Å². The summed E-state index contributed by atoms with van der Waals surface area (Å²) in [5.74, 6) is 1.66. The minimum atomic E-state index is -0.816. The third-order valence-corrected chi connectivity index (χ3v) is 5.25. The van der Waals surface area contributed by atoms with Crippen LogP contribution in [0.15, 0.2) is 50.9 Å². The van der Waals surface area contributed by atoms with Crippen LogP contribution in [0, 0.1) is 12.3 Å². The number of rotatable bonds is 6. The van der Waals surface area contributed by atoms with Crippen molar-refractivity contribution >= 4 is 61.5 Å². The van der Waals surface area contributed by atoms with E-state index in [4.69, 9.17) is 15.9 Å². The van der Waals surface area contributed by atoms with E-state index in [2.05, 4.69) is 43.1 Å². The monoisotopic (exact) mass is 546 g/mol. The second-order valence-corrected chi connectivity index (χ2v) is 7.96. The van der Waals surface area contributed by atoms with E-state index >= 15 is 0 Å². The van der Waals surface area contributed by atoms with Gasteiger partial charge in [-0.15, -0.1) is 6.42 Å². The Morgan fingerprint density at radius 1 is 1.13 bits per heavy atom. The normalized spacial score (nSPS) is 15.0. The number of imide groups is 2. The van der Waals surface area contributed by atoms with Gasteiger partial charge in [0.2, 0.25) is 0 Å². The van der Waals surface area contributed by atoms with Crippen LogP contribution in [0.25, 0.3) is 6.08 Å². The van der Waals surface area contributed by atoms with Crippen molar-refractivity contribution in [1.29, 1.82) is 0 Å². The summed E-state index contributed by atoms with van der Waals surface area (Å²) < 4.78 is 12.5. The molecular formula is C22H16Br2N2O5. The Labute approximate surface area is 195 Å². The van der Waals surface area contributed by atoms with Crippen LogP contribution in [0.3, 0.4) is 0 Å². The third kappa shape index (κ3) is 4.98. The number of amides is 4. The quantitative estimate of drug-likeness (QED) is 0.331. The number of anilines is 1. The van der Waals surface area contributed by atoms with Crippen LogP contribution in [-0.4, -0.2) is 31.1 Å². The van der Waals surface area contributed by atoms with E-state index in [1.54, 1.807) is 36.4 Å². The first-order valence-corrected chi connectivity index (χ1v) is 10.6. The molecule has 3 rings (SSSR count). The average molecular weight is 548 g/mol. The summed E-state index contributed by atoms with van der Waals surface area (Å²) in [6.45, 7) is 2.22. The van der Waals surface area contributed by atoms with Gasteiger partial charge in [-0.05, 0) is 70.9 Å². The molecule has 1 saturated heterocycles. The second-order valence-electron chi connectivity index (χ2n) is 6.19.